The number of hydrogen-bond acceptors (Lipinski definition) is 5. The number of anilines is 1. The highest BCUT2D eigenvalue weighted by Gasteiger charge is 2.44. The van der Waals surface area contributed by atoms with Crippen molar-refractivity contribution in [1.29, 1.82) is 0 Å². The van der Waals surface area contributed by atoms with Crippen molar-refractivity contribution in [2.24, 2.45) is 0 Å². The highest BCUT2D eigenvalue weighted by atomic mass is 32.1. The minimum atomic E-state index is -0.471. The largest absolute Gasteiger partial charge is 0.371 e. The van der Waals surface area contributed by atoms with Crippen LogP contribution in [0.2, 0.25) is 0 Å². The number of aromatic nitrogens is 1. The third-order valence-electron chi connectivity index (χ3n) is 5.26. The van der Waals surface area contributed by atoms with E-state index < -0.39 is 5.54 Å². The summed E-state index contributed by atoms with van der Waals surface area (Å²) in [6.45, 7) is 4.52. The van der Waals surface area contributed by atoms with Crippen LogP contribution in [0.4, 0.5) is 5.69 Å². The maximum absolute atomic E-state index is 13.2. The third-order valence-corrected chi connectivity index (χ3v) is 6.03. The topological polar surface area (TPSA) is 48.5 Å². The molecule has 2 fully saturated rings. The SMILES string of the molecule is O=C(N1CCC1)C1(Nc2ccccc2)CCN(Cc2nccs2)CC1. The van der Waals surface area contributed by atoms with Gasteiger partial charge < -0.3 is 10.2 Å². The lowest BCUT2D eigenvalue weighted by atomic mass is 9.84. The average Bonchev–Trinajstić information content (AvgIpc) is 3.09. The second-order valence-corrected chi connectivity index (χ2v) is 7.90. The predicted molar refractivity (Wildman–Crippen MR) is 101 cm³/mol. The molecule has 1 amide bonds. The van der Waals surface area contributed by atoms with E-state index in [0.29, 0.717) is 0 Å². The van der Waals surface area contributed by atoms with Crippen molar-refractivity contribution < 1.29 is 4.79 Å². The maximum atomic E-state index is 13.2. The van der Waals surface area contributed by atoms with E-state index in [9.17, 15) is 4.79 Å². The summed E-state index contributed by atoms with van der Waals surface area (Å²) in [6.07, 6.45) is 4.66. The molecule has 25 heavy (non-hydrogen) atoms. The number of likely N-dealkylation sites (tertiary alicyclic amines) is 2. The van der Waals surface area contributed by atoms with Crippen molar-refractivity contribution in [3.8, 4) is 0 Å². The summed E-state index contributed by atoms with van der Waals surface area (Å²) in [5.74, 6) is 0.275. The fraction of sp³-hybridized carbons (Fsp3) is 0.474. The first-order valence-corrected chi connectivity index (χ1v) is 9.86. The highest BCUT2D eigenvalue weighted by Crippen LogP contribution is 2.31. The Hall–Kier alpha value is -1.92. The van der Waals surface area contributed by atoms with Gasteiger partial charge in [0, 0.05) is 43.4 Å². The van der Waals surface area contributed by atoms with Crippen molar-refractivity contribution in [3.05, 3.63) is 46.9 Å². The fourth-order valence-electron chi connectivity index (χ4n) is 3.63. The Bertz CT molecular complexity index is 691. The van der Waals surface area contributed by atoms with Crippen LogP contribution >= 0.6 is 11.3 Å². The van der Waals surface area contributed by atoms with E-state index in [1.54, 1.807) is 11.3 Å². The molecule has 6 heteroatoms. The second-order valence-electron chi connectivity index (χ2n) is 6.92. The Morgan fingerprint density at radius 2 is 1.92 bits per heavy atom. The molecule has 2 aliphatic heterocycles. The number of nitrogens with zero attached hydrogens (tertiary/aromatic N) is 3. The van der Waals surface area contributed by atoms with E-state index in [-0.39, 0.29) is 5.91 Å². The molecule has 1 N–H and O–H groups in total. The van der Waals surface area contributed by atoms with Gasteiger partial charge in [0.25, 0.3) is 0 Å². The number of nitrogens with one attached hydrogen (secondary N) is 1. The number of benzene rings is 1. The van der Waals surface area contributed by atoms with Crippen LogP contribution in [0, 0.1) is 0 Å². The number of hydrogen-bond donors (Lipinski definition) is 1. The van der Waals surface area contributed by atoms with Crippen LogP contribution in [-0.2, 0) is 11.3 Å². The Morgan fingerprint density at radius 3 is 2.52 bits per heavy atom. The summed E-state index contributed by atoms with van der Waals surface area (Å²) in [6, 6.07) is 10.1. The minimum Gasteiger partial charge on any atom is -0.371 e. The van der Waals surface area contributed by atoms with Crippen LogP contribution in [0.25, 0.3) is 0 Å². The summed E-state index contributed by atoms with van der Waals surface area (Å²) < 4.78 is 0. The maximum Gasteiger partial charge on any atom is 0.248 e. The van der Waals surface area contributed by atoms with Gasteiger partial charge in [-0.05, 0) is 31.4 Å². The number of piperidine rings is 1. The lowest BCUT2D eigenvalue weighted by Crippen LogP contribution is -2.61. The fourth-order valence-corrected chi connectivity index (χ4v) is 4.28. The molecule has 5 nitrogen and oxygen atoms in total. The van der Waals surface area contributed by atoms with Crippen LogP contribution in [0.5, 0.6) is 0 Å². The monoisotopic (exact) mass is 356 g/mol. The van der Waals surface area contributed by atoms with Gasteiger partial charge >= 0.3 is 0 Å². The Labute approximate surface area is 152 Å². The van der Waals surface area contributed by atoms with E-state index >= 15 is 0 Å². The number of carbonyl (C=O) groups is 1. The van der Waals surface area contributed by atoms with Gasteiger partial charge in [-0.1, -0.05) is 18.2 Å². The minimum absolute atomic E-state index is 0.275. The smallest absolute Gasteiger partial charge is 0.248 e. The van der Waals surface area contributed by atoms with Gasteiger partial charge in [-0.2, -0.15) is 0 Å². The van der Waals surface area contributed by atoms with Crippen molar-refractivity contribution in [1.82, 2.24) is 14.8 Å². The molecule has 2 aromatic rings. The van der Waals surface area contributed by atoms with Crippen molar-refractivity contribution in [3.63, 3.8) is 0 Å². The first kappa shape index (κ1) is 16.5. The van der Waals surface area contributed by atoms with E-state index in [1.165, 1.54) is 0 Å². The standard InChI is InChI=1S/C19H24N4OS/c24-18(23-10-4-11-23)19(21-16-5-2-1-3-6-16)7-12-22(13-8-19)15-17-20-9-14-25-17/h1-3,5-6,9,14,21H,4,7-8,10-13,15H2. The first-order chi connectivity index (χ1) is 12.3. The van der Waals surface area contributed by atoms with E-state index in [1.807, 2.05) is 46.8 Å². The van der Waals surface area contributed by atoms with Gasteiger partial charge in [0.05, 0.1) is 6.54 Å². The van der Waals surface area contributed by atoms with Crippen molar-refractivity contribution in [2.75, 3.05) is 31.5 Å². The molecule has 1 aromatic carbocycles. The summed E-state index contributed by atoms with van der Waals surface area (Å²) in [5.41, 5.74) is 0.561. The molecular formula is C19H24N4OS. The molecule has 2 saturated heterocycles. The van der Waals surface area contributed by atoms with Crippen molar-refractivity contribution >= 4 is 22.9 Å². The molecule has 0 spiro atoms. The Kier molecular flexibility index (Phi) is 4.72. The van der Waals surface area contributed by atoms with Gasteiger partial charge in [0.1, 0.15) is 10.5 Å². The summed E-state index contributed by atoms with van der Waals surface area (Å²) in [5, 5.41) is 6.76. The van der Waals surface area contributed by atoms with E-state index in [2.05, 4.69) is 15.2 Å². The van der Waals surface area contributed by atoms with Gasteiger partial charge in [-0.15, -0.1) is 11.3 Å². The summed E-state index contributed by atoms with van der Waals surface area (Å²) in [7, 11) is 0. The number of para-hydroxylation sites is 1. The van der Waals surface area contributed by atoms with E-state index in [0.717, 1.165) is 62.7 Å². The predicted octanol–water partition coefficient (Wildman–Crippen LogP) is 2.82. The van der Waals surface area contributed by atoms with Crippen LogP contribution in [0.1, 0.15) is 24.3 Å². The summed E-state index contributed by atoms with van der Waals surface area (Å²) >= 11 is 1.70. The first-order valence-electron chi connectivity index (χ1n) is 8.99. The second kappa shape index (κ2) is 7.14. The van der Waals surface area contributed by atoms with Crippen LogP contribution in [0.15, 0.2) is 41.9 Å². The molecule has 0 bridgehead atoms. The zero-order valence-corrected chi connectivity index (χ0v) is 15.2. The van der Waals surface area contributed by atoms with Gasteiger partial charge in [-0.3, -0.25) is 9.69 Å². The highest BCUT2D eigenvalue weighted by molar-refractivity contribution is 7.09. The van der Waals surface area contributed by atoms with Gasteiger partial charge in [0.2, 0.25) is 5.91 Å². The molecule has 0 aliphatic carbocycles. The number of thiazole rings is 1. The van der Waals surface area contributed by atoms with Crippen LogP contribution in [-0.4, -0.2) is 52.4 Å². The quantitative estimate of drug-likeness (QED) is 0.895. The van der Waals surface area contributed by atoms with Crippen LogP contribution in [0.3, 0.4) is 0 Å². The molecule has 3 heterocycles. The molecule has 0 radical (unpaired) electrons. The number of rotatable bonds is 5. The molecule has 0 atom stereocenters. The number of carbonyl (C=O) groups excluding carboxylic acids is 1. The zero-order chi connectivity index (χ0) is 17.1. The molecular weight excluding hydrogens is 332 g/mol. The third kappa shape index (κ3) is 3.55. The summed E-state index contributed by atoms with van der Waals surface area (Å²) in [4.78, 5) is 22.0. The van der Waals surface area contributed by atoms with Gasteiger partial charge in [-0.25, -0.2) is 4.98 Å². The normalized spacial score (nSPS) is 20.1. The lowest BCUT2D eigenvalue weighted by Gasteiger charge is -2.46. The molecule has 0 unspecified atom stereocenters. The molecule has 2 aliphatic rings. The zero-order valence-electron chi connectivity index (χ0n) is 14.4. The lowest BCUT2D eigenvalue weighted by molar-refractivity contribution is -0.141. The van der Waals surface area contributed by atoms with Crippen LogP contribution < -0.4 is 5.32 Å². The molecule has 132 valence electrons. The Morgan fingerprint density at radius 1 is 1.16 bits per heavy atom. The number of amides is 1. The molecule has 0 saturated carbocycles. The average molecular weight is 356 g/mol. The Balaban J connectivity index is 1.48. The van der Waals surface area contributed by atoms with Crippen molar-refractivity contribution in [2.45, 2.75) is 31.3 Å². The van der Waals surface area contributed by atoms with Gasteiger partial charge in [0.15, 0.2) is 0 Å². The molecule has 4 rings (SSSR count). The molecule has 1 aromatic heterocycles. The van der Waals surface area contributed by atoms with E-state index in [4.69, 9.17) is 0 Å².